The van der Waals surface area contributed by atoms with Crippen molar-refractivity contribution in [3.05, 3.63) is 0 Å². The number of nitrogens with zero attached hydrogens (tertiary/aromatic N) is 1. The van der Waals surface area contributed by atoms with Gasteiger partial charge in [-0.2, -0.15) is 0 Å². The number of hydrogen-bond donors (Lipinski definition) is 4. The minimum atomic E-state index is -3.23. The fourth-order valence-corrected chi connectivity index (χ4v) is 8.23. The number of ether oxygens (including phenoxy) is 7. The van der Waals surface area contributed by atoms with Crippen molar-refractivity contribution in [2.24, 2.45) is 23.7 Å². The van der Waals surface area contributed by atoms with Crippen LogP contribution in [0.3, 0.4) is 0 Å². The largest absolute Gasteiger partial charge is 0.459 e. The Morgan fingerprint density at radius 1 is 0.904 bits per heavy atom. The molecule has 304 valence electrons. The van der Waals surface area contributed by atoms with Gasteiger partial charge >= 0.3 is 5.97 Å². The number of esters is 1. The molecule has 3 saturated heterocycles. The molecule has 0 aromatic heterocycles. The van der Waals surface area contributed by atoms with Crippen molar-refractivity contribution >= 4 is 11.8 Å². The van der Waals surface area contributed by atoms with Crippen LogP contribution < -0.4 is 0 Å². The molecule has 3 aliphatic rings. The van der Waals surface area contributed by atoms with Crippen LogP contribution in [0.2, 0.25) is 0 Å². The zero-order valence-corrected chi connectivity index (χ0v) is 32.4. The van der Waals surface area contributed by atoms with E-state index in [1.54, 1.807) is 20.8 Å². The summed E-state index contributed by atoms with van der Waals surface area (Å²) in [6.45, 7) is 8.21. The van der Waals surface area contributed by atoms with Crippen LogP contribution in [0.5, 0.6) is 0 Å². The zero-order valence-electron chi connectivity index (χ0n) is 41.4. The average Bonchev–Trinajstić information content (AvgIpc) is 3.11. The first-order valence-electron chi connectivity index (χ1n) is 22.7. The predicted molar refractivity (Wildman–Crippen MR) is 191 cm³/mol. The summed E-state index contributed by atoms with van der Waals surface area (Å²) in [6, 6.07) is -1.62. The molecule has 0 amide bonds. The second-order valence-corrected chi connectivity index (χ2v) is 15.9. The number of aliphatic hydroxyl groups excluding tert-OH is 3. The van der Waals surface area contributed by atoms with Crippen molar-refractivity contribution in [2.45, 2.75) is 179 Å². The molecular formula is C38H69NO13. The number of rotatable bonds is 8. The molecule has 0 radical (unpaired) electrons. The summed E-state index contributed by atoms with van der Waals surface area (Å²) in [5.74, 6) is -6.58. The summed E-state index contributed by atoms with van der Waals surface area (Å²) in [5, 5.41) is 46.0. The number of ketones is 1. The molecule has 3 aliphatic heterocycles. The summed E-state index contributed by atoms with van der Waals surface area (Å²) in [4.78, 5) is 28.7. The Kier molecular flexibility index (Phi) is 11.2. The highest BCUT2D eigenvalue weighted by molar-refractivity contribution is 5.83. The summed E-state index contributed by atoms with van der Waals surface area (Å²) < 4.78 is 116. The molecule has 14 heteroatoms. The molecular weight excluding hydrogens is 678 g/mol. The van der Waals surface area contributed by atoms with Gasteiger partial charge in [0.2, 0.25) is 0 Å². The van der Waals surface area contributed by atoms with E-state index >= 15 is 0 Å². The lowest BCUT2D eigenvalue weighted by Gasteiger charge is -2.50. The monoisotopic (exact) mass is 757 g/mol. The summed E-state index contributed by atoms with van der Waals surface area (Å²) in [5.41, 5.74) is -5.51. The molecule has 4 N–H and O–H groups in total. The second kappa shape index (κ2) is 17.7. The minimum Gasteiger partial charge on any atom is -0.459 e. The Morgan fingerprint density at radius 3 is 2.13 bits per heavy atom. The van der Waals surface area contributed by atoms with Crippen molar-refractivity contribution in [2.75, 3.05) is 28.1 Å². The minimum absolute atomic E-state index is 0.00336. The standard InChI is InChI=1S/C38H69NO13/c1-15-26-38(10,45)31(42)21(4)28(40)19(2)17-37(9,47-14)33(52-35-29(41)25(39(11)12)16-20(3)48-35)22(5)30(23(6)34(44)50-26)51-27-18-36(8,46-13)32(43)24(7)49-27/h19-27,29-33,35,41-43,45H,15-18H2,1-14H3/t19-,20-,21+,22+,23-,24+,25+,26-,27+,29-,30+,31-,32+,33-,35+,36-,37-,38-/m1/s1/i11D3,12D3,14D3. The number of aliphatic hydroxyl groups is 4. The van der Waals surface area contributed by atoms with Gasteiger partial charge in [0.05, 0.1) is 51.8 Å². The fraction of sp³-hybridized carbons (Fsp3) is 0.947. The predicted octanol–water partition coefficient (Wildman–Crippen LogP) is 2.44. The SMILES string of the molecule is [2H]C([2H])([2H])O[C@]1(C)C[C@@H](C)C(=O)[C@H](C)[C@@H](O)[C@](C)(O)[C@@H](CC)OC(=O)[C@H](C)[C@@H](O[C@H]2C[C@@](C)(OC)[C@@H](O)[C@H](C)O2)[C@H](C)[C@H]1O[C@@H]1O[C@H](C)C[C@H](N(C([2H])([2H])[2H])C([2H])([2H])[2H])[C@H]1O. The summed E-state index contributed by atoms with van der Waals surface area (Å²) in [6.07, 6.45) is -15.0. The van der Waals surface area contributed by atoms with Gasteiger partial charge in [0.15, 0.2) is 12.6 Å². The molecule has 3 rings (SSSR count). The van der Waals surface area contributed by atoms with Crippen molar-refractivity contribution in [1.82, 2.24) is 4.90 Å². The lowest BCUT2D eigenvalue weighted by Crippen LogP contribution is -2.61. The smallest absolute Gasteiger partial charge is 0.311 e. The fourth-order valence-electron chi connectivity index (χ4n) is 8.23. The summed E-state index contributed by atoms with van der Waals surface area (Å²) in [7, 11) is -1.81. The van der Waals surface area contributed by atoms with Gasteiger partial charge in [0, 0.05) is 52.6 Å². The van der Waals surface area contributed by atoms with Gasteiger partial charge < -0.3 is 58.5 Å². The third-order valence-electron chi connectivity index (χ3n) is 11.7. The molecule has 0 spiro atoms. The molecule has 0 aromatic carbocycles. The van der Waals surface area contributed by atoms with Gasteiger partial charge in [0.1, 0.15) is 29.7 Å². The Morgan fingerprint density at radius 2 is 1.56 bits per heavy atom. The van der Waals surface area contributed by atoms with Crippen LogP contribution in [0.25, 0.3) is 0 Å². The first-order chi connectivity index (χ1) is 27.6. The van der Waals surface area contributed by atoms with E-state index in [4.69, 9.17) is 45.5 Å². The molecule has 3 fully saturated rings. The molecule has 52 heavy (non-hydrogen) atoms. The number of Topliss-reactive ketones (excluding diaryl/α,β-unsaturated/α-hetero) is 1. The van der Waals surface area contributed by atoms with Crippen LogP contribution in [0.1, 0.15) is 107 Å². The van der Waals surface area contributed by atoms with Gasteiger partial charge in [0.25, 0.3) is 0 Å². The van der Waals surface area contributed by atoms with Gasteiger partial charge in [-0.3, -0.25) is 9.59 Å². The number of carbonyl (C=O) groups excluding carboxylic acids is 2. The van der Waals surface area contributed by atoms with E-state index in [1.165, 1.54) is 55.6 Å². The van der Waals surface area contributed by atoms with Gasteiger partial charge in [-0.1, -0.05) is 27.7 Å². The highest BCUT2D eigenvalue weighted by atomic mass is 16.7. The topological polar surface area (TPSA) is 183 Å². The van der Waals surface area contributed by atoms with Crippen LogP contribution in [-0.4, -0.2) is 149 Å². The molecule has 0 saturated carbocycles. The maximum atomic E-state index is 14.3. The van der Waals surface area contributed by atoms with Crippen LogP contribution in [0.4, 0.5) is 0 Å². The van der Waals surface area contributed by atoms with Crippen LogP contribution >= 0.6 is 0 Å². The zero-order chi connectivity index (χ0) is 47.2. The first-order valence-corrected chi connectivity index (χ1v) is 18.2. The van der Waals surface area contributed by atoms with Crippen LogP contribution in [-0.2, 0) is 42.7 Å². The first kappa shape index (κ1) is 32.9. The Bertz CT molecular complexity index is 1470. The second-order valence-electron chi connectivity index (χ2n) is 15.9. The quantitative estimate of drug-likeness (QED) is 0.265. The maximum Gasteiger partial charge on any atom is 0.311 e. The van der Waals surface area contributed by atoms with E-state index in [9.17, 15) is 30.0 Å². The van der Waals surface area contributed by atoms with Crippen LogP contribution in [0.15, 0.2) is 0 Å². The average molecular weight is 757 g/mol. The lowest BCUT2D eigenvalue weighted by molar-refractivity contribution is -0.319. The molecule has 0 aromatic rings. The van der Waals surface area contributed by atoms with Crippen LogP contribution in [0, 0.1) is 23.7 Å². The van der Waals surface area contributed by atoms with E-state index in [-0.39, 0.29) is 24.2 Å². The molecule has 0 aliphatic carbocycles. The van der Waals surface area contributed by atoms with E-state index in [0.717, 1.165) is 0 Å². The maximum absolute atomic E-state index is 14.3. The highest BCUT2D eigenvalue weighted by Crippen LogP contribution is 2.41. The Labute approximate surface area is 323 Å². The van der Waals surface area contributed by atoms with Gasteiger partial charge in [-0.25, -0.2) is 0 Å². The van der Waals surface area contributed by atoms with E-state index < -0.39 is 147 Å². The van der Waals surface area contributed by atoms with E-state index in [1.807, 2.05) is 0 Å². The molecule has 0 unspecified atom stereocenters. The van der Waals surface area contributed by atoms with Gasteiger partial charge in [-0.15, -0.1) is 0 Å². The molecule has 18 atom stereocenters. The third-order valence-corrected chi connectivity index (χ3v) is 11.7. The normalized spacial score (nSPS) is 52.3. The third kappa shape index (κ3) is 9.38. The Hall–Kier alpha value is -1.30. The summed E-state index contributed by atoms with van der Waals surface area (Å²) >= 11 is 0. The van der Waals surface area contributed by atoms with Gasteiger partial charge in [-0.05, 0) is 74.8 Å². The van der Waals surface area contributed by atoms with Crippen molar-refractivity contribution in [3.8, 4) is 0 Å². The van der Waals surface area contributed by atoms with E-state index in [2.05, 4.69) is 0 Å². The van der Waals surface area contributed by atoms with Crippen molar-refractivity contribution in [1.29, 1.82) is 0 Å². The van der Waals surface area contributed by atoms with Crippen molar-refractivity contribution < 1.29 is 75.5 Å². The van der Waals surface area contributed by atoms with Crippen molar-refractivity contribution in [3.63, 3.8) is 0 Å². The number of cyclic esters (lactones) is 1. The Balaban J connectivity index is 2.36. The number of likely N-dealkylation sites (N-methyl/N-ethyl adjacent to an activating group) is 1. The molecule has 3 heterocycles. The molecule has 14 nitrogen and oxygen atoms in total. The number of methoxy groups -OCH3 is 2. The number of carbonyl (C=O) groups is 2. The van der Waals surface area contributed by atoms with E-state index in [0.29, 0.717) is 0 Å². The molecule has 0 bridgehead atoms. The highest BCUT2D eigenvalue weighted by Gasteiger charge is 2.54. The lowest BCUT2D eigenvalue weighted by atomic mass is 9.74. The number of hydrogen-bond acceptors (Lipinski definition) is 14.